The average molecular weight is 383 g/mol. The molecule has 1 aromatic heterocycles. The lowest BCUT2D eigenvalue weighted by Crippen LogP contribution is -2.41. The van der Waals surface area contributed by atoms with Crippen molar-refractivity contribution in [3.63, 3.8) is 0 Å². The van der Waals surface area contributed by atoms with Crippen LogP contribution in [-0.2, 0) is 15.6 Å². The molecule has 3 rings (SSSR count). The van der Waals surface area contributed by atoms with Gasteiger partial charge in [-0.05, 0) is 58.4 Å². The van der Waals surface area contributed by atoms with E-state index in [0.717, 1.165) is 18.5 Å². The Hall–Kier alpha value is -1.41. The summed E-state index contributed by atoms with van der Waals surface area (Å²) >= 11 is 0. The molecule has 8 heteroatoms. The van der Waals surface area contributed by atoms with Gasteiger partial charge in [-0.15, -0.1) is 0 Å². The molecule has 26 heavy (non-hydrogen) atoms. The summed E-state index contributed by atoms with van der Waals surface area (Å²) in [7, 11) is -3.11. The van der Waals surface area contributed by atoms with Gasteiger partial charge in [0.25, 0.3) is 5.91 Å². The van der Waals surface area contributed by atoms with E-state index in [-0.39, 0.29) is 11.4 Å². The number of sulfonamides is 1. The standard InChI is InChI=1S/C18H30N4O3S/c1-18(2,3)22-16(14-5-6-14)11-15(20-22)17(23)19-12-13-7-9-21(10-8-13)26(4,24)25/h11,13-14H,5-10,12H2,1-4H3,(H,19,23). The van der Waals surface area contributed by atoms with Gasteiger partial charge in [0.1, 0.15) is 5.69 Å². The monoisotopic (exact) mass is 382 g/mol. The molecule has 1 aromatic rings. The van der Waals surface area contributed by atoms with Crippen molar-refractivity contribution < 1.29 is 13.2 Å². The molecule has 1 aliphatic carbocycles. The molecule has 0 unspecified atom stereocenters. The Labute approximate surface area is 156 Å². The first-order valence-corrected chi connectivity index (χ1v) is 11.2. The maximum atomic E-state index is 12.6. The van der Waals surface area contributed by atoms with Crippen LogP contribution in [0.15, 0.2) is 6.07 Å². The van der Waals surface area contributed by atoms with Crippen molar-refractivity contribution in [3.8, 4) is 0 Å². The summed E-state index contributed by atoms with van der Waals surface area (Å²) in [4.78, 5) is 12.6. The Bertz CT molecular complexity index is 767. The molecule has 0 radical (unpaired) electrons. The van der Waals surface area contributed by atoms with Crippen LogP contribution in [0.3, 0.4) is 0 Å². The van der Waals surface area contributed by atoms with Crippen molar-refractivity contribution in [1.29, 1.82) is 0 Å². The predicted molar refractivity (Wildman–Crippen MR) is 101 cm³/mol. The molecule has 0 atom stereocenters. The molecule has 0 bridgehead atoms. The second-order valence-corrected chi connectivity index (χ2v) is 10.6. The Morgan fingerprint density at radius 3 is 2.35 bits per heavy atom. The summed E-state index contributed by atoms with van der Waals surface area (Å²) in [5.41, 5.74) is 1.49. The number of rotatable bonds is 5. The number of aromatic nitrogens is 2. The summed E-state index contributed by atoms with van der Waals surface area (Å²) in [6.45, 7) is 7.93. The van der Waals surface area contributed by atoms with Crippen molar-refractivity contribution >= 4 is 15.9 Å². The summed E-state index contributed by atoms with van der Waals surface area (Å²) < 4.78 is 26.6. The van der Waals surface area contributed by atoms with Gasteiger partial charge in [-0.1, -0.05) is 0 Å². The van der Waals surface area contributed by atoms with Crippen LogP contribution in [0.5, 0.6) is 0 Å². The van der Waals surface area contributed by atoms with Crippen LogP contribution in [0.1, 0.15) is 68.6 Å². The molecule has 1 N–H and O–H groups in total. The Morgan fingerprint density at radius 1 is 1.23 bits per heavy atom. The van der Waals surface area contributed by atoms with Gasteiger partial charge in [-0.3, -0.25) is 9.48 Å². The molecule has 1 saturated heterocycles. The normalized spacial score (nSPS) is 20.3. The van der Waals surface area contributed by atoms with Crippen molar-refractivity contribution in [1.82, 2.24) is 19.4 Å². The molecule has 2 aliphatic rings. The van der Waals surface area contributed by atoms with E-state index >= 15 is 0 Å². The highest BCUT2D eigenvalue weighted by Gasteiger charge is 2.32. The summed E-state index contributed by atoms with van der Waals surface area (Å²) in [5.74, 6) is 0.702. The molecule has 1 aliphatic heterocycles. The molecule has 0 spiro atoms. The Kier molecular flexibility index (Phi) is 5.18. The number of nitrogens with one attached hydrogen (secondary N) is 1. The second-order valence-electron chi connectivity index (χ2n) is 8.63. The molecule has 146 valence electrons. The van der Waals surface area contributed by atoms with Crippen LogP contribution in [0.25, 0.3) is 0 Å². The van der Waals surface area contributed by atoms with Crippen LogP contribution >= 0.6 is 0 Å². The lowest BCUT2D eigenvalue weighted by atomic mass is 9.98. The first kappa shape index (κ1) is 19.4. The third-order valence-corrected chi connectivity index (χ3v) is 6.50. The van der Waals surface area contributed by atoms with Gasteiger partial charge in [0.05, 0.1) is 11.8 Å². The lowest BCUT2D eigenvalue weighted by molar-refractivity contribution is 0.0935. The van der Waals surface area contributed by atoms with E-state index in [2.05, 4.69) is 31.2 Å². The number of carbonyl (C=O) groups is 1. The highest BCUT2D eigenvalue weighted by molar-refractivity contribution is 7.88. The molecule has 1 amide bonds. The summed E-state index contributed by atoms with van der Waals surface area (Å²) in [6.07, 6.45) is 5.13. The molecule has 1 saturated carbocycles. The highest BCUT2D eigenvalue weighted by atomic mass is 32.2. The number of hydrogen-bond acceptors (Lipinski definition) is 4. The van der Waals surface area contributed by atoms with Gasteiger partial charge in [0.15, 0.2) is 0 Å². The minimum absolute atomic E-state index is 0.138. The van der Waals surface area contributed by atoms with Crippen LogP contribution in [-0.4, -0.2) is 54.3 Å². The van der Waals surface area contributed by atoms with E-state index in [9.17, 15) is 13.2 Å². The fraction of sp³-hybridized carbons (Fsp3) is 0.778. The van der Waals surface area contributed by atoms with Crippen LogP contribution in [0, 0.1) is 5.92 Å². The van der Waals surface area contributed by atoms with Gasteiger partial charge in [-0.25, -0.2) is 12.7 Å². The zero-order chi connectivity index (χ0) is 19.1. The third-order valence-electron chi connectivity index (χ3n) is 5.19. The number of hydrogen-bond donors (Lipinski definition) is 1. The largest absolute Gasteiger partial charge is 0.350 e. The number of nitrogens with zero attached hydrogens (tertiary/aromatic N) is 3. The minimum atomic E-state index is -3.11. The van der Waals surface area contributed by atoms with Gasteiger partial charge < -0.3 is 5.32 Å². The predicted octanol–water partition coefficient (Wildman–Crippen LogP) is 1.92. The van der Waals surface area contributed by atoms with E-state index in [1.165, 1.54) is 23.4 Å². The van der Waals surface area contributed by atoms with Gasteiger partial charge in [-0.2, -0.15) is 5.10 Å². The lowest BCUT2D eigenvalue weighted by Gasteiger charge is -2.30. The van der Waals surface area contributed by atoms with Crippen molar-refractivity contribution in [3.05, 3.63) is 17.5 Å². The number of amides is 1. The fourth-order valence-electron chi connectivity index (χ4n) is 3.49. The smallest absolute Gasteiger partial charge is 0.271 e. The van der Waals surface area contributed by atoms with E-state index in [1.807, 2.05) is 10.7 Å². The topological polar surface area (TPSA) is 84.3 Å². The van der Waals surface area contributed by atoms with E-state index < -0.39 is 10.0 Å². The van der Waals surface area contributed by atoms with Crippen molar-refractivity contribution in [2.24, 2.45) is 5.92 Å². The number of carbonyl (C=O) groups excluding carboxylic acids is 1. The molecule has 2 fully saturated rings. The van der Waals surface area contributed by atoms with Crippen molar-refractivity contribution in [2.45, 2.75) is 57.9 Å². The fourth-order valence-corrected chi connectivity index (χ4v) is 4.36. The zero-order valence-electron chi connectivity index (χ0n) is 16.2. The zero-order valence-corrected chi connectivity index (χ0v) is 17.0. The summed E-state index contributed by atoms with van der Waals surface area (Å²) in [5, 5.41) is 7.56. The third kappa shape index (κ3) is 4.46. The Balaban J connectivity index is 1.58. The molecule has 7 nitrogen and oxygen atoms in total. The summed E-state index contributed by atoms with van der Waals surface area (Å²) in [6, 6.07) is 1.94. The minimum Gasteiger partial charge on any atom is -0.350 e. The highest BCUT2D eigenvalue weighted by Crippen LogP contribution is 2.41. The first-order valence-electron chi connectivity index (χ1n) is 9.39. The average Bonchev–Trinajstić information content (AvgIpc) is 3.29. The molecule has 0 aromatic carbocycles. The Morgan fingerprint density at radius 2 is 1.85 bits per heavy atom. The van der Waals surface area contributed by atoms with E-state index in [0.29, 0.717) is 37.2 Å². The second kappa shape index (κ2) is 6.96. The van der Waals surface area contributed by atoms with Crippen LogP contribution < -0.4 is 5.32 Å². The van der Waals surface area contributed by atoms with E-state index in [1.54, 1.807) is 0 Å². The maximum absolute atomic E-state index is 12.6. The van der Waals surface area contributed by atoms with Crippen molar-refractivity contribution in [2.75, 3.05) is 25.9 Å². The molecular formula is C18H30N4O3S. The molecular weight excluding hydrogens is 352 g/mol. The van der Waals surface area contributed by atoms with Crippen LogP contribution in [0.2, 0.25) is 0 Å². The van der Waals surface area contributed by atoms with Gasteiger partial charge in [0.2, 0.25) is 10.0 Å². The molecule has 2 heterocycles. The SMILES string of the molecule is CC(C)(C)n1nc(C(=O)NCC2CCN(S(C)(=O)=O)CC2)cc1C1CC1. The van der Waals surface area contributed by atoms with Gasteiger partial charge in [0, 0.05) is 31.2 Å². The van der Waals surface area contributed by atoms with Crippen LogP contribution in [0.4, 0.5) is 0 Å². The quantitative estimate of drug-likeness (QED) is 0.843. The van der Waals surface area contributed by atoms with E-state index in [4.69, 9.17) is 0 Å². The first-order chi connectivity index (χ1) is 12.1. The van der Waals surface area contributed by atoms with Gasteiger partial charge >= 0.3 is 0 Å². The number of piperidine rings is 1. The maximum Gasteiger partial charge on any atom is 0.271 e.